The fourth-order valence-electron chi connectivity index (χ4n) is 1.86. The van der Waals surface area contributed by atoms with Gasteiger partial charge in [0.05, 0.1) is 11.1 Å². The number of halogens is 9. The van der Waals surface area contributed by atoms with E-state index >= 15 is 0 Å². The van der Waals surface area contributed by atoms with Gasteiger partial charge in [-0.2, -0.15) is 47.9 Å². The minimum atomic E-state index is -5.84. The molecule has 0 unspecified atom stereocenters. The first kappa shape index (κ1) is 24.8. The minimum absolute atomic E-state index is 0.274. The second-order valence-electron chi connectivity index (χ2n) is 5.49. The van der Waals surface area contributed by atoms with Crippen molar-refractivity contribution in [3.8, 4) is 0 Å². The Morgan fingerprint density at radius 1 is 0.621 bits per heavy atom. The van der Waals surface area contributed by atoms with E-state index in [0.717, 1.165) is 24.3 Å². The average Bonchev–Trinajstić information content (AvgIpc) is 2.53. The van der Waals surface area contributed by atoms with Gasteiger partial charge in [-0.05, 0) is 41.8 Å². The van der Waals surface area contributed by atoms with Crippen LogP contribution in [-0.4, -0.2) is 18.5 Å². The molecule has 0 spiro atoms. The molecule has 0 saturated carbocycles. The monoisotopic (exact) mass is 454 g/mol. The molecule has 0 bridgehead atoms. The molecule has 0 fully saturated rings. The standard InChI is InChI=1S/C15H10F6.CHF3O3S/c16-14(17,18)12-5-1-10(2-6-12)9-11-3-7-13(8-4-11)15(19,20)21;2-1(3,4)8(5,6)7/h1-8H,9H2;(H,5,6,7). The van der Waals surface area contributed by atoms with Crippen LogP contribution < -0.4 is 0 Å². The molecule has 2 aromatic carbocycles. The second-order valence-corrected chi connectivity index (χ2v) is 6.90. The van der Waals surface area contributed by atoms with E-state index in [1.807, 2.05) is 0 Å². The first-order valence-corrected chi connectivity index (χ1v) is 8.71. The molecule has 0 heterocycles. The Kier molecular flexibility index (Phi) is 7.35. The molecular weight excluding hydrogens is 443 g/mol. The van der Waals surface area contributed by atoms with Crippen LogP contribution in [0.15, 0.2) is 48.5 Å². The molecule has 0 aromatic heterocycles. The summed E-state index contributed by atoms with van der Waals surface area (Å²) >= 11 is 0. The van der Waals surface area contributed by atoms with Gasteiger partial charge < -0.3 is 0 Å². The van der Waals surface area contributed by atoms with Gasteiger partial charge in [0.25, 0.3) is 0 Å². The summed E-state index contributed by atoms with van der Waals surface area (Å²) in [6.07, 6.45) is -8.52. The quantitative estimate of drug-likeness (QED) is 0.360. The van der Waals surface area contributed by atoms with Crippen molar-refractivity contribution in [2.45, 2.75) is 24.3 Å². The van der Waals surface area contributed by atoms with Crippen molar-refractivity contribution in [1.82, 2.24) is 0 Å². The zero-order valence-electron chi connectivity index (χ0n) is 13.9. The Bertz CT molecular complexity index is 840. The fourth-order valence-corrected chi connectivity index (χ4v) is 1.86. The highest BCUT2D eigenvalue weighted by Crippen LogP contribution is 2.31. The highest BCUT2D eigenvalue weighted by molar-refractivity contribution is 7.86. The third kappa shape index (κ3) is 7.93. The summed E-state index contributed by atoms with van der Waals surface area (Å²) in [4.78, 5) is 0. The molecule has 0 atom stereocenters. The first-order chi connectivity index (χ1) is 12.9. The fraction of sp³-hybridized carbons (Fsp3) is 0.250. The van der Waals surface area contributed by atoms with Crippen LogP contribution in [0.5, 0.6) is 0 Å². The van der Waals surface area contributed by atoms with E-state index in [9.17, 15) is 39.5 Å². The van der Waals surface area contributed by atoms with E-state index in [1.54, 1.807) is 0 Å². The Morgan fingerprint density at radius 3 is 1.03 bits per heavy atom. The van der Waals surface area contributed by atoms with Gasteiger partial charge >= 0.3 is 28.0 Å². The maximum absolute atomic E-state index is 12.4. The van der Waals surface area contributed by atoms with Crippen molar-refractivity contribution in [3.05, 3.63) is 70.8 Å². The smallest absolute Gasteiger partial charge is 0.279 e. The summed E-state index contributed by atoms with van der Waals surface area (Å²) in [6, 6.07) is 9.11. The van der Waals surface area contributed by atoms with E-state index in [0.29, 0.717) is 11.1 Å². The van der Waals surface area contributed by atoms with Crippen molar-refractivity contribution >= 4 is 10.1 Å². The molecule has 0 aliphatic carbocycles. The van der Waals surface area contributed by atoms with Crippen LogP contribution in [0.25, 0.3) is 0 Å². The molecule has 0 aliphatic rings. The van der Waals surface area contributed by atoms with Crippen LogP contribution in [0, 0.1) is 0 Å². The van der Waals surface area contributed by atoms with Gasteiger partial charge in [-0.1, -0.05) is 24.3 Å². The predicted octanol–water partition coefficient (Wildman–Crippen LogP) is 5.71. The Morgan fingerprint density at radius 2 is 0.862 bits per heavy atom. The highest BCUT2D eigenvalue weighted by Gasteiger charge is 2.44. The molecule has 0 saturated heterocycles. The number of benzene rings is 2. The van der Waals surface area contributed by atoms with E-state index < -0.39 is 39.1 Å². The Balaban J connectivity index is 0.000000447. The summed E-state index contributed by atoms with van der Waals surface area (Å²) in [5.41, 5.74) is -5.84. The van der Waals surface area contributed by atoms with Gasteiger partial charge in [-0.3, -0.25) is 4.55 Å². The van der Waals surface area contributed by atoms with Crippen molar-refractivity contribution in [2.75, 3.05) is 0 Å². The summed E-state index contributed by atoms with van der Waals surface area (Å²) in [5.74, 6) is 0. The lowest BCUT2D eigenvalue weighted by Gasteiger charge is -2.09. The zero-order chi connectivity index (χ0) is 22.7. The topological polar surface area (TPSA) is 54.4 Å². The number of hydrogen-bond donors (Lipinski definition) is 1. The summed E-state index contributed by atoms with van der Waals surface area (Å²) < 4.78 is 132. The van der Waals surface area contributed by atoms with Crippen LogP contribution in [0.2, 0.25) is 0 Å². The molecule has 2 rings (SSSR count). The van der Waals surface area contributed by atoms with E-state index in [2.05, 4.69) is 0 Å². The summed E-state index contributed by atoms with van der Waals surface area (Å²) in [6.45, 7) is 0. The molecule has 0 amide bonds. The Hall–Kier alpha value is -2.28. The average molecular weight is 454 g/mol. The molecule has 3 nitrogen and oxygen atoms in total. The number of alkyl halides is 9. The molecule has 2 aromatic rings. The normalized spacial score (nSPS) is 12.9. The SMILES string of the molecule is FC(F)(F)c1ccc(Cc2ccc(C(F)(F)F)cc2)cc1.O=S(=O)(O)C(F)(F)F. The molecule has 0 aliphatic heterocycles. The van der Waals surface area contributed by atoms with Crippen molar-refractivity contribution < 1.29 is 52.5 Å². The number of hydrogen-bond acceptors (Lipinski definition) is 2. The molecule has 0 radical (unpaired) electrons. The predicted molar refractivity (Wildman–Crippen MR) is 83.3 cm³/mol. The van der Waals surface area contributed by atoms with Gasteiger partial charge in [-0.15, -0.1) is 0 Å². The van der Waals surface area contributed by atoms with Gasteiger partial charge in [0.2, 0.25) is 0 Å². The maximum Gasteiger partial charge on any atom is 0.522 e. The minimum Gasteiger partial charge on any atom is -0.279 e. The number of rotatable bonds is 2. The van der Waals surface area contributed by atoms with E-state index in [4.69, 9.17) is 13.0 Å². The van der Waals surface area contributed by atoms with E-state index in [-0.39, 0.29) is 6.42 Å². The van der Waals surface area contributed by atoms with Gasteiger partial charge in [0, 0.05) is 0 Å². The lowest BCUT2D eigenvalue weighted by molar-refractivity contribution is -0.138. The molecule has 29 heavy (non-hydrogen) atoms. The maximum atomic E-state index is 12.4. The highest BCUT2D eigenvalue weighted by atomic mass is 32.2. The van der Waals surface area contributed by atoms with Crippen molar-refractivity contribution in [1.29, 1.82) is 0 Å². The van der Waals surface area contributed by atoms with Crippen LogP contribution in [0.3, 0.4) is 0 Å². The van der Waals surface area contributed by atoms with Gasteiger partial charge in [-0.25, -0.2) is 0 Å². The Labute approximate surface area is 158 Å². The van der Waals surface area contributed by atoms with Crippen LogP contribution in [0.4, 0.5) is 39.5 Å². The largest absolute Gasteiger partial charge is 0.522 e. The molecule has 13 heteroatoms. The molecular formula is C16H11F9O3S. The van der Waals surface area contributed by atoms with Crippen LogP contribution >= 0.6 is 0 Å². The third-order valence-electron chi connectivity index (χ3n) is 3.26. The molecule has 162 valence electrons. The lowest BCUT2D eigenvalue weighted by Crippen LogP contribution is -2.21. The van der Waals surface area contributed by atoms with Crippen molar-refractivity contribution in [2.24, 2.45) is 0 Å². The van der Waals surface area contributed by atoms with Crippen LogP contribution in [0.1, 0.15) is 22.3 Å². The van der Waals surface area contributed by atoms with Crippen LogP contribution in [-0.2, 0) is 28.9 Å². The zero-order valence-corrected chi connectivity index (χ0v) is 14.7. The third-order valence-corrected chi connectivity index (χ3v) is 3.85. The van der Waals surface area contributed by atoms with Gasteiger partial charge in [0.1, 0.15) is 0 Å². The summed E-state index contributed by atoms with van der Waals surface area (Å²) in [5, 5.41) is 0. The second kappa shape index (κ2) is 8.61. The summed E-state index contributed by atoms with van der Waals surface area (Å²) in [7, 11) is -5.84. The van der Waals surface area contributed by atoms with E-state index in [1.165, 1.54) is 24.3 Å². The first-order valence-electron chi connectivity index (χ1n) is 7.27. The lowest BCUT2D eigenvalue weighted by atomic mass is 10.0. The molecule has 1 N–H and O–H groups in total. The van der Waals surface area contributed by atoms with Gasteiger partial charge in [0.15, 0.2) is 0 Å². The van der Waals surface area contributed by atoms with Crippen molar-refractivity contribution in [3.63, 3.8) is 0 Å².